The van der Waals surface area contributed by atoms with Crippen molar-refractivity contribution in [2.24, 2.45) is 5.73 Å². The minimum absolute atomic E-state index is 0. The molecule has 1 aromatic rings. The average molecular weight is 212 g/mol. The van der Waals surface area contributed by atoms with Crippen LogP contribution in [-0.4, -0.2) is 6.54 Å². The fourth-order valence-electron chi connectivity index (χ4n) is 2.34. The molecule has 14 heavy (non-hydrogen) atoms. The molecule has 78 valence electrons. The molecular formula is C12H18ClN. The first-order valence-corrected chi connectivity index (χ1v) is 5.05. The van der Waals surface area contributed by atoms with Crippen LogP contribution in [-0.2, 0) is 11.8 Å². The second-order valence-corrected chi connectivity index (χ2v) is 4.28. The fraction of sp³-hybridized carbons (Fsp3) is 0.500. The molecule has 0 radical (unpaired) electrons. The normalized spacial score (nSPS) is 25.0. The van der Waals surface area contributed by atoms with E-state index in [4.69, 9.17) is 5.73 Å². The number of fused-ring (bicyclic) bond motifs is 1. The zero-order valence-corrected chi connectivity index (χ0v) is 9.44. The van der Waals surface area contributed by atoms with Crippen molar-refractivity contribution >= 4 is 12.4 Å². The van der Waals surface area contributed by atoms with Crippen molar-refractivity contribution < 1.29 is 0 Å². The minimum Gasteiger partial charge on any atom is -0.330 e. The summed E-state index contributed by atoms with van der Waals surface area (Å²) in [6.45, 7) is 3.05. The molecule has 0 saturated heterocycles. The lowest BCUT2D eigenvalue weighted by molar-refractivity contribution is 0.404. The molecule has 1 aliphatic rings. The third-order valence-corrected chi connectivity index (χ3v) is 3.29. The Morgan fingerprint density at radius 1 is 1.36 bits per heavy atom. The number of rotatable bonds is 1. The summed E-state index contributed by atoms with van der Waals surface area (Å²) in [4.78, 5) is 0. The van der Waals surface area contributed by atoms with Gasteiger partial charge < -0.3 is 5.73 Å². The van der Waals surface area contributed by atoms with Gasteiger partial charge in [0.05, 0.1) is 0 Å². The Morgan fingerprint density at radius 3 is 2.79 bits per heavy atom. The van der Waals surface area contributed by atoms with E-state index in [0.717, 1.165) is 6.54 Å². The molecule has 0 spiro atoms. The van der Waals surface area contributed by atoms with Crippen LogP contribution in [0, 0.1) is 0 Å². The maximum absolute atomic E-state index is 5.85. The van der Waals surface area contributed by atoms with Gasteiger partial charge in [0.2, 0.25) is 0 Å². The molecule has 0 aromatic heterocycles. The summed E-state index contributed by atoms with van der Waals surface area (Å²) in [7, 11) is 0. The van der Waals surface area contributed by atoms with E-state index in [9.17, 15) is 0 Å². The molecule has 2 rings (SSSR count). The van der Waals surface area contributed by atoms with Gasteiger partial charge in [-0.2, -0.15) is 0 Å². The Bertz CT molecular complexity index is 311. The summed E-state index contributed by atoms with van der Waals surface area (Å²) in [5.74, 6) is 0. The minimum atomic E-state index is 0. The Kier molecular flexibility index (Phi) is 3.57. The van der Waals surface area contributed by atoms with Gasteiger partial charge >= 0.3 is 0 Å². The molecule has 1 aliphatic carbocycles. The number of halogens is 1. The van der Waals surface area contributed by atoms with Gasteiger partial charge in [-0.05, 0) is 30.4 Å². The highest BCUT2D eigenvalue weighted by atomic mass is 35.5. The topological polar surface area (TPSA) is 26.0 Å². The van der Waals surface area contributed by atoms with Crippen molar-refractivity contribution in [1.82, 2.24) is 0 Å². The third-order valence-electron chi connectivity index (χ3n) is 3.29. The smallest absolute Gasteiger partial charge is 0.00501 e. The molecule has 0 bridgehead atoms. The van der Waals surface area contributed by atoms with Crippen molar-refractivity contribution in [3.63, 3.8) is 0 Å². The lowest BCUT2D eigenvalue weighted by Crippen LogP contribution is -2.35. The highest BCUT2D eigenvalue weighted by Gasteiger charge is 2.29. The van der Waals surface area contributed by atoms with Gasteiger partial charge in [-0.25, -0.2) is 0 Å². The summed E-state index contributed by atoms with van der Waals surface area (Å²) in [6.07, 6.45) is 3.75. The predicted molar refractivity (Wildman–Crippen MR) is 63.0 cm³/mol. The lowest BCUT2D eigenvalue weighted by atomic mass is 9.71. The average Bonchev–Trinajstić information content (AvgIpc) is 2.19. The van der Waals surface area contributed by atoms with Gasteiger partial charge in [-0.15, -0.1) is 12.4 Å². The molecule has 2 N–H and O–H groups in total. The van der Waals surface area contributed by atoms with E-state index in [1.165, 1.54) is 30.4 Å². The molecule has 0 amide bonds. The van der Waals surface area contributed by atoms with Crippen molar-refractivity contribution in [2.45, 2.75) is 31.6 Å². The monoisotopic (exact) mass is 211 g/mol. The van der Waals surface area contributed by atoms with Crippen LogP contribution in [0.15, 0.2) is 24.3 Å². The number of aryl methyl sites for hydroxylation is 1. The summed E-state index contributed by atoms with van der Waals surface area (Å²) < 4.78 is 0. The van der Waals surface area contributed by atoms with E-state index in [1.807, 2.05) is 0 Å². The molecule has 0 saturated carbocycles. The van der Waals surface area contributed by atoms with Crippen LogP contribution in [0.3, 0.4) is 0 Å². The van der Waals surface area contributed by atoms with Gasteiger partial charge in [0.15, 0.2) is 0 Å². The van der Waals surface area contributed by atoms with Crippen LogP contribution in [0.2, 0.25) is 0 Å². The Labute approximate surface area is 92.1 Å². The number of nitrogens with two attached hydrogens (primary N) is 1. The maximum atomic E-state index is 5.85. The molecule has 0 aliphatic heterocycles. The Hall–Kier alpha value is -0.530. The molecule has 1 aromatic carbocycles. The summed E-state index contributed by atoms with van der Waals surface area (Å²) in [5, 5.41) is 0. The van der Waals surface area contributed by atoms with Crippen molar-refractivity contribution in [1.29, 1.82) is 0 Å². The highest BCUT2D eigenvalue weighted by molar-refractivity contribution is 5.85. The fourth-order valence-corrected chi connectivity index (χ4v) is 2.34. The molecule has 2 heteroatoms. The van der Waals surface area contributed by atoms with Crippen molar-refractivity contribution in [2.75, 3.05) is 6.54 Å². The lowest BCUT2D eigenvalue weighted by Gasteiger charge is -2.34. The first-order valence-electron chi connectivity index (χ1n) is 5.05. The molecule has 0 fully saturated rings. The van der Waals surface area contributed by atoms with Crippen LogP contribution in [0.5, 0.6) is 0 Å². The summed E-state index contributed by atoms with van der Waals surface area (Å²) >= 11 is 0. The SMILES string of the molecule is CC1(CN)CCCc2ccccc21.Cl. The third kappa shape index (κ3) is 1.79. The van der Waals surface area contributed by atoms with Crippen LogP contribution < -0.4 is 5.73 Å². The van der Waals surface area contributed by atoms with Gasteiger partial charge in [0, 0.05) is 12.0 Å². The number of hydrogen-bond acceptors (Lipinski definition) is 1. The molecule has 1 atom stereocenters. The maximum Gasteiger partial charge on any atom is 0.00501 e. The zero-order chi connectivity index (χ0) is 9.31. The molecule has 0 heterocycles. The molecule has 1 unspecified atom stereocenters. The largest absolute Gasteiger partial charge is 0.330 e. The second kappa shape index (κ2) is 4.33. The van der Waals surface area contributed by atoms with Crippen LogP contribution in [0.25, 0.3) is 0 Å². The van der Waals surface area contributed by atoms with Crippen LogP contribution in [0.4, 0.5) is 0 Å². The van der Waals surface area contributed by atoms with E-state index in [1.54, 1.807) is 0 Å². The first-order chi connectivity index (χ1) is 6.26. The van der Waals surface area contributed by atoms with E-state index in [-0.39, 0.29) is 17.8 Å². The quantitative estimate of drug-likeness (QED) is 0.760. The Morgan fingerprint density at radius 2 is 2.07 bits per heavy atom. The van der Waals surface area contributed by atoms with Crippen LogP contribution >= 0.6 is 12.4 Å². The molecular weight excluding hydrogens is 194 g/mol. The second-order valence-electron chi connectivity index (χ2n) is 4.28. The van der Waals surface area contributed by atoms with E-state index in [2.05, 4.69) is 31.2 Å². The van der Waals surface area contributed by atoms with Gasteiger partial charge in [0.1, 0.15) is 0 Å². The van der Waals surface area contributed by atoms with Gasteiger partial charge in [-0.1, -0.05) is 31.2 Å². The molecule has 1 nitrogen and oxygen atoms in total. The van der Waals surface area contributed by atoms with E-state index in [0.29, 0.717) is 0 Å². The zero-order valence-electron chi connectivity index (χ0n) is 8.62. The van der Waals surface area contributed by atoms with Gasteiger partial charge in [-0.3, -0.25) is 0 Å². The van der Waals surface area contributed by atoms with Crippen molar-refractivity contribution in [3.05, 3.63) is 35.4 Å². The summed E-state index contributed by atoms with van der Waals surface area (Å²) in [5.41, 5.74) is 9.06. The number of benzene rings is 1. The van der Waals surface area contributed by atoms with Crippen molar-refractivity contribution in [3.8, 4) is 0 Å². The number of hydrogen-bond donors (Lipinski definition) is 1. The summed E-state index contributed by atoms with van der Waals surface area (Å²) in [6, 6.07) is 8.73. The van der Waals surface area contributed by atoms with Crippen LogP contribution in [0.1, 0.15) is 30.9 Å². The standard InChI is InChI=1S/C12H17N.ClH/c1-12(9-13)8-4-6-10-5-2-3-7-11(10)12;/h2-3,5,7H,4,6,8-9,13H2,1H3;1H. The predicted octanol–water partition coefficient (Wildman–Crippen LogP) is 2.66. The van der Waals surface area contributed by atoms with Gasteiger partial charge in [0.25, 0.3) is 0 Å². The van der Waals surface area contributed by atoms with E-state index >= 15 is 0 Å². The van der Waals surface area contributed by atoms with E-state index < -0.39 is 0 Å². The Balaban J connectivity index is 0.000000980. The first kappa shape index (κ1) is 11.5. The highest BCUT2D eigenvalue weighted by Crippen LogP contribution is 2.35.